The Hall–Kier alpha value is 3.21. The van der Waals surface area contributed by atoms with Gasteiger partial charge < -0.3 is 27.4 Å². The van der Waals surface area contributed by atoms with Crippen molar-refractivity contribution in [3.63, 3.8) is 0 Å². The second-order valence-electron chi connectivity index (χ2n) is 0.167. The number of hydrogen-bond donors (Lipinski definition) is 0. The molecule has 0 heterocycles. The smallest absolute Gasteiger partial charge is 3.00 e. The van der Waals surface area contributed by atoms with Gasteiger partial charge in [-0.1, -0.05) is 0 Å². The molecule has 0 spiro atoms. The Balaban J connectivity index is -0.00000000229. The van der Waals surface area contributed by atoms with E-state index in [1.54, 1.807) is 0 Å². The molecule has 0 aliphatic rings. The van der Waals surface area contributed by atoms with Crippen molar-refractivity contribution in [2.24, 2.45) is 0 Å². The van der Waals surface area contributed by atoms with Gasteiger partial charge in [-0.05, 0) is 0 Å². The van der Waals surface area contributed by atoms with Gasteiger partial charge in [-0.15, -0.1) is 0 Å². The average Bonchev–Trinajstić information content (AvgIpc) is 1.39. The maximum atomic E-state index is 8.58. The van der Waals surface area contributed by atoms with Crippen LogP contribution in [0.5, 0.6) is 0 Å². The molecule has 2 radical (unpaired) electrons. The van der Waals surface area contributed by atoms with Gasteiger partial charge in [-0.3, -0.25) is 0 Å². The van der Waals surface area contributed by atoms with E-state index in [1.165, 1.54) is 0 Å². The monoisotopic (exact) mass is 1100 g/mol. The molecule has 0 fully saturated rings. The van der Waals surface area contributed by atoms with Crippen LogP contribution in [0, 0.1) is 118 Å². The van der Waals surface area contributed by atoms with Gasteiger partial charge in [0.25, 0.3) is 0 Å². The first-order valence-electron chi connectivity index (χ1n) is 0.816. The second-order valence-corrected chi connectivity index (χ2v) is 1.55. The Morgan fingerprint density at radius 1 is 0.462 bits per heavy atom. The van der Waals surface area contributed by atoms with Crippen molar-refractivity contribution in [1.29, 1.82) is 0 Å². The molecule has 0 saturated heterocycles. The largest absolute Gasteiger partial charge is 3.00 e. The summed E-state index contributed by atoms with van der Waals surface area (Å²) < 4.78 is 34.3. The third-order valence-corrected chi connectivity index (χ3v) is 0. The van der Waals surface area contributed by atoms with Gasteiger partial charge in [0.2, 0.25) is 0 Å². The Morgan fingerprint density at radius 3 is 0.462 bits per heavy atom. The first kappa shape index (κ1) is 72.2. The molecule has 0 aliphatic heterocycles. The topological polar surface area (TPSA) is 211 Å². The van der Waals surface area contributed by atoms with Crippen molar-refractivity contribution in [2.75, 3.05) is 0 Å². The van der Waals surface area contributed by atoms with E-state index in [-0.39, 0.29) is 89.6 Å². The molecule has 0 rings (SSSR count). The molecule has 9 nitrogen and oxygen atoms in total. The third-order valence-electron chi connectivity index (χ3n) is 0. The molecule has 13 heavy (non-hydrogen) atoms. The molecule has 70 valence electrons. The van der Waals surface area contributed by atoms with E-state index in [1.807, 2.05) is 0 Å². The molecule has 0 aliphatic carbocycles. The summed E-state index contributed by atoms with van der Waals surface area (Å²) in [5.74, 6) is 0. The molecule has 0 N–H and O–H groups in total. The van der Waals surface area contributed by atoms with Crippen LogP contribution in [0.25, 0.3) is 0 Å². The first-order chi connectivity index (χ1) is 2.83. The van der Waals surface area contributed by atoms with Crippen molar-refractivity contribution < 1.29 is 154 Å². The van der Waals surface area contributed by atoms with Gasteiger partial charge in [0, 0.05) is 0 Å². The molecular weight excluding hydrogens is 1100 g/mol. The van der Waals surface area contributed by atoms with Gasteiger partial charge >= 0.3 is 127 Å². The molecular formula is O9U4. The van der Waals surface area contributed by atoms with Gasteiger partial charge in [0.15, 0.2) is 0 Å². The van der Waals surface area contributed by atoms with Crippen LogP contribution in [0.2, 0.25) is 0 Å². The zero-order chi connectivity index (χ0) is 5.41. The number of rotatable bonds is 0. The molecule has 0 bridgehead atoms. The molecule has 0 atom stereocenters. The van der Waals surface area contributed by atoms with Crippen molar-refractivity contribution in [2.45, 2.75) is 0 Å². The average molecular weight is 1100 g/mol. The molecule has 13 heteroatoms. The molecule has 0 unspecified atom stereocenters. The minimum atomic E-state index is -2.51. The van der Waals surface area contributed by atoms with Crippen LogP contribution in [0.15, 0.2) is 0 Å². The maximum Gasteiger partial charge on any atom is 3.00 e. The van der Waals surface area contributed by atoms with E-state index in [2.05, 4.69) is 0 Å². The van der Waals surface area contributed by atoms with E-state index < -0.39 is 55.6 Å². The predicted molar refractivity (Wildman–Crippen MR) is 6.18 cm³/mol. The SMILES string of the molecule is [O-2].[O-2].[O-2].[O-2].[O-2].[O]=[U+2]=[O].[O]=[U+2]=[O].[U+3].[U+3]. The number of hydrogen-bond acceptors (Lipinski definition) is 4. The van der Waals surface area contributed by atoms with Crippen LogP contribution >= 0.6 is 0 Å². The zero-order valence-corrected chi connectivity index (χ0v) is 22.3. The van der Waals surface area contributed by atoms with Crippen molar-refractivity contribution in [3.05, 3.63) is 0 Å². The summed E-state index contributed by atoms with van der Waals surface area (Å²) in [4.78, 5) is 0. The van der Waals surface area contributed by atoms with Crippen LogP contribution < -0.4 is 0 Å². The Morgan fingerprint density at radius 2 is 0.462 bits per heavy atom. The van der Waals surface area contributed by atoms with Crippen LogP contribution in [0.4, 0.5) is 0 Å². The minimum Gasteiger partial charge on any atom is 3.00 e. The van der Waals surface area contributed by atoms with Crippen LogP contribution in [-0.2, 0) is 36.3 Å². The molecule has 0 aromatic rings. The van der Waals surface area contributed by atoms with Gasteiger partial charge in [0.05, 0.1) is 0 Å². The van der Waals surface area contributed by atoms with E-state index in [0.29, 0.717) is 0 Å². The van der Waals surface area contributed by atoms with Gasteiger partial charge in [-0.2, -0.15) is 0 Å². The Bertz CT molecular complexity index is 65.6. The van der Waals surface area contributed by atoms with E-state index in [9.17, 15) is 0 Å². The van der Waals surface area contributed by atoms with Gasteiger partial charge in [0.1, 0.15) is 0 Å². The molecule has 0 amide bonds. The summed E-state index contributed by atoms with van der Waals surface area (Å²) in [5.41, 5.74) is 0. The summed E-state index contributed by atoms with van der Waals surface area (Å²) in [7, 11) is 0. The standard InChI is InChI=1S/9O.4U/q;;;;5*-2;2*+2;2*+3. The van der Waals surface area contributed by atoms with Crippen molar-refractivity contribution in [1.82, 2.24) is 0 Å². The normalized spacial score (nSPS) is 1.23. The Kier molecular flexibility index (Phi) is 628. The van der Waals surface area contributed by atoms with Crippen LogP contribution in [0.1, 0.15) is 0 Å². The van der Waals surface area contributed by atoms with E-state index in [0.717, 1.165) is 0 Å². The molecule has 0 aromatic carbocycles. The fraction of sp³-hybridized carbons (Fsp3) is 0. The summed E-state index contributed by atoms with van der Waals surface area (Å²) in [6, 6.07) is 0. The fourth-order valence-electron chi connectivity index (χ4n) is 0. The predicted octanol–water partition coefficient (Wildman–Crippen LogP) is -1.07. The molecule has 0 aromatic heterocycles. The van der Waals surface area contributed by atoms with Crippen LogP contribution in [-0.4, -0.2) is 0 Å². The third kappa shape index (κ3) is 258. The summed E-state index contributed by atoms with van der Waals surface area (Å²) >= 11 is -5.01. The second kappa shape index (κ2) is 113. The first-order valence-corrected chi connectivity index (χ1v) is 7.62. The van der Waals surface area contributed by atoms with E-state index in [4.69, 9.17) is 8.94 Å². The Labute approximate surface area is 151 Å². The van der Waals surface area contributed by atoms with Crippen LogP contribution in [0.3, 0.4) is 0 Å². The van der Waals surface area contributed by atoms with E-state index >= 15 is 0 Å². The summed E-state index contributed by atoms with van der Waals surface area (Å²) in [6.07, 6.45) is 0. The van der Waals surface area contributed by atoms with Crippen molar-refractivity contribution >= 4 is 0 Å². The zero-order valence-electron chi connectivity index (χ0n) is 5.67. The summed E-state index contributed by atoms with van der Waals surface area (Å²) in [6.45, 7) is 0. The maximum absolute atomic E-state index is 8.58. The van der Waals surface area contributed by atoms with Crippen molar-refractivity contribution in [3.8, 4) is 0 Å². The van der Waals surface area contributed by atoms with Gasteiger partial charge in [-0.25, -0.2) is 0 Å². The summed E-state index contributed by atoms with van der Waals surface area (Å²) in [5, 5.41) is 0. The molecule has 0 saturated carbocycles. The quantitative estimate of drug-likeness (QED) is 0.297. The fourth-order valence-corrected chi connectivity index (χ4v) is 0. The minimum absolute atomic E-state index is 0.